The van der Waals surface area contributed by atoms with Crippen molar-refractivity contribution in [2.24, 2.45) is 0 Å². The third-order valence-electron chi connectivity index (χ3n) is 4.34. The molecule has 0 amide bonds. The van der Waals surface area contributed by atoms with Crippen LogP contribution in [0.3, 0.4) is 0 Å². The number of nitrogens with zero attached hydrogens (tertiary/aromatic N) is 2. The summed E-state index contributed by atoms with van der Waals surface area (Å²) in [5.74, 6) is -0.427. The van der Waals surface area contributed by atoms with Gasteiger partial charge in [0.25, 0.3) is 20.2 Å². The molecular weight excluding hydrogens is 549 g/mol. The molecule has 0 saturated heterocycles. The summed E-state index contributed by atoms with van der Waals surface area (Å²) in [6, 6.07) is 12.4. The van der Waals surface area contributed by atoms with Crippen LogP contribution in [0.4, 0.5) is 13.2 Å². The van der Waals surface area contributed by atoms with Crippen LogP contribution in [-0.2, 0) is 35.2 Å². The van der Waals surface area contributed by atoms with Crippen molar-refractivity contribution < 1.29 is 43.1 Å². The fraction of sp³-hybridized carbons (Fsp3) is 0.375. The van der Waals surface area contributed by atoms with Crippen LogP contribution in [0.5, 0.6) is 5.75 Å². The summed E-state index contributed by atoms with van der Waals surface area (Å²) in [6.45, 7) is 7.42. The van der Waals surface area contributed by atoms with Crippen LogP contribution in [0.25, 0.3) is 5.69 Å². The van der Waals surface area contributed by atoms with E-state index in [2.05, 4.69) is 14.0 Å². The van der Waals surface area contributed by atoms with Gasteiger partial charge in [-0.25, -0.2) is 4.68 Å². The molecule has 0 saturated carbocycles. The van der Waals surface area contributed by atoms with E-state index in [1.807, 2.05) is 51.2 Å². The lowest BCUT2D eigenvalue weighted by molar-refractivity contribution is -0.274. The van der Waals surface area contributed by atoms with Crippen LogP contribution in [0.1, 0.15) is 43.6 Å². The highest BCUT2D eigenvalue weighted by molar-refractivity contribution is 7.86. The Kier molecular flexibility index (Phi) is 12.4. The Morgan fingerprint density at radius 2 is 1.63 bits per heavy atom. The molecule has 1 heterocycles. The Morgan fingerprint density at radius 1 is 0.974 bits per heavy atom. The molecule has 0 spiro atoms. The first-order chi connectivity index (χ1) is 17.5. The summed E-state index contributed by atoms with van der Waals surface area (Å²) in [5, 5.41) is 4.15. The minimum Gasteiger partial charge on any atom is -0.406 e. The summed E-state index contributed by atoms with van der Waals surface area (Å²) in [5.41, 5.74) is 3.02. The Hall–Kier alpha value is -2.94. The van der Waals surface area contributed by atoms with Crippen molar-refractivity contribution in [1.82, 2.24) is 9.78 Å². The maximum atomic E-state index is 12.0. The van der Waals surface area contributed by atoms with Crippen molar-refractivity contribution in [3.63, 3.8) is 0 Å². The lowest BCUT2D eigenvalue weighted by Gasteiger charge is -2.14. The van der Waals surface area contributed by atoms with E-state index in [1.54, 1.807) is 10.9 Å². The van der Waals surface area contributed by atoms with Crippen LogP contribution in [0.2, 0.25) is 0 Å². The van der Waals surface area contributed by atoms with Gasteiger partial charge >= 0.3 is 6.36 Å². The van der Waals surface area contributed by atoms with E-state index in [-0.39, 0.29) is 12.2 Å². The highest BCUT2D eigenvalue weighted by atomic mass is 32.2. The first-order valence-corrected chi connectivity index (χ1v) is 14.8. The topological polar surface area (TPSA) is 114 Å². The number of aromatic nitrogens is 2. The average molecular weight is 581 g/mol. The second-order valence-corrected chi connectivity index (χ2v) is 10.8. The molecule has 0 radical (unpaired) electrons. The van der Waals surface area contributed by atoms with E-state index in [0.717, 1.165) is 41.5 Å². The molecule has 0 fully saturated rings. The maximum Gasteiger partial charge on any atom is 0.573 e. The Bertz CT molecular complexity index is 1360. The van der Waals surface area contributed by atoms with E-state index < -0.39 is 38.5 Å². The summed E-state index contributed by atoms with van der Waals surface area (Å²) in [7, 11) is -7.10. The van der Waals surface area contributed by atoms with E-state index in [1.165, 1.54) is 19.1 Å². The molecule has 0 bridgehead atoms. The van der Waals surface area contributed by atoms with Gasteiger partial charge in [-0.1, -0.05) is 38.1 Å². The molecule has 1 atom stereocenters. The fourth-order valence-electron chi connectivity index (χ4n) is 2.86. The van der Waals surface area contributed by atoms with Crippen molar-refractivity contribution >= 4 is 20.2 Å². The smallest absolute Gasteiger partial charge is 0.406 e. The summed E-state index contributed by atoms with van der Waals surface area (Å²) < 4.78 is 94.5. The van der Waals surface area contributed by atoms with Gasteiger partial charge in [0, 0.05) is 12.4 Å². The van der Waals surface area contributed by atoms with Crippen molar-refractivity contribution in [2.75, 3.05) is 12.5 Å². The molecule has 0 aliphatic rings. The Labute approximate surface area is 221 Å². The lowest BCUT2D eigenvalue weighted by atomic mass is 10.1. The molecule has 9 nitrogen and oxygen atoms in total. The number of benzene rings is 2. The first kappa shape index (κ1) is 33.1. The molecule has 3 aromatic rings. The van der Waals surface area contributed by atoms with Gasteiger partial charge in [-0.2, -0.15) is 21.9 Å². The van der Waals surface area contributed by atoms with Gasteiger partial charge < -0.3 is 4.74 Å². The van der Waals surface area contributed by atoms with Gasteiger partial charge in [0.2, 0.25) is 0 Å². The minimum absolute atomic E-state index is 0.0351. The third-order valence-corrected chi connectivity index (χ3v) is 5.53. The molecule has 0 aliphatic heterocycles. The molecule has 0 N–H and O–H groups in total. The molecular formula is C24H31F3N2O7S2. The molecule has 0 aliphatic carbocycles. The monoisotopic (exact) mass is 580 g/mol. The number of halogens is 3. The molecule has 212 valence electrons. The van der Waals surface area contributed by atoms with E-state index in [9.17, 15) is 30.0 Å². The van der Waals surface area contributed by atoms with Gasteiger partial charge in [-0.3, -0.25) is 8.37 Å². The summed E-state index contributed by atoms with van der Waals surface area (Å²) in [4.78, 5) is 0. The van der Waals surface area contributed by atoms with Crippen LogP contribution in [0, 0.1) is 6.92 Å². The van der Waals surface area contributed by atoms with E-state index in [4.69, 9.17) is 4.18 Å². The van der Waals surface area contributed by atoms with Gasteiger partial charge in [0.1, 0.15) is 5.75 Å². The number of hydrogen-bond donors (Lipinski definition) is 0. The number of aryl methyl sites for hydroxylation is 1. The summed E-state index contributed by atoms with van der Waals surface area (Å²) >= 11 is 0. The number of alkyl halides is 3. The molecule has 1 unspecified atom stereocenters. The van der Waals surface area contributed by atoms with Crippen LogP contribution < -0.4 is 4.74 Å². The predicted molar refractivity (Wildman–Crippen MR) is 137 cm³/mol. The second-order valence-electron chi connectivity index (χ2n) is 7.60. The Balaban J connectivity index is 0.000000357. The zero-order valence-corrected chi connectivity index (χ0v) is 23.4. The van der Waals surface area contributed by atoms with Crippen LogP contribution in [-0.4, -0.2) is 45.5 Å². The van der Waals surface area contributed by atoms with Crippen molar-refractivity contribution in [3.05, 3.63) is 77.6 Å². The van der Waals surface area contributed by atoms with Gasteiger partial charge in [0.05, 0.1) is 30.9 Å². The van der Waals surface area contributed by atoms with Gasteiger partial charge in [-0.15, -0.1) is 13.2 Å². The lowest BCUT2D eigenvalue weighted by Crippen LogP contribution is -2.17. The normalized spacial score (nSPS) is 12.4. The first-order valence-electron chi connectivity index (χ1n) is 11.2. The largest absolute Gasteiger partial charge is 0.573 e. The average Bonchev–Trinajstić information content (AvgIpc) is 3.32. The van der Waals surface area contributed by atoms with E-state index in [0.29, 0.717) is 0 Å². The second kappa shape index (κ2) is 14.3. The quantitative estimate of drug-likeness (QED) is 0.330. The minimum atomic E-state index is -4.79. The van der Waals surface area contributed by atoms with E-state index >= 15 is 0 Å². The van der Waals surface area contributed by atoms with Crippen LogP contribution in [0.15, 0.2) is 60.9 Å². The standard InChI is InChI=1S/C12H14N2O3S.C10H11F3O4S.C2H6/c1-10-4-5-11(9-17-18(2,15)16)8-12(10)14-7-3-6-13-14;1-7(17-18(2,14)15)8-4-3-5-9(6-8)16-10(11,12)13;1-2/h3-8H,9H2,1-2H3;3-7H,1-2H3;1-2H3. The zero-order valence-electron chi connectivity index (χ0n) is 21.8. The molecule has 3 rings (SSSR count). The number of rotatable bonds is 8. The van der Waals surface area contributed by atoms with Crippen molar-refractivity contribution in [1.29, 1.82) is 0 Å². The molecule has 38 heavy (non-hydrogen) atoms. The van der Waals surface area contributed by atoms with Crippen molar-refractivity contribution in [3.8, 4) is 11.4 Å². The van der Waals surface area contributed by atoms with Gasteiger partial charge in [0.15, 0.2) is 0 Å². The number of hydrogen-bond acceptors (Lipinski definition) is 8. The highest BCUT2D eigenvalue weighted by Gasteiger charge is 2.31. The summed E-state index contributed by atoms with van der Waals surface area (Å²) in [6.07, 6.45) is -0.256. The van der Waals surface area contributed by atoms with Crippen LogP contribution >= 0.6 is 0 Å². The molecule has 2 aromatic carbocycles. The van der Waals surface area contributed by atoms with Gasteiger partial charge in [-0.05, 0) is 54.8 Å². The Morgan fingerprint density at radius 3 is 2.16 bits per heavy atom. The third kappa shape index (κ3) is 13.0. The highest BCUT2D eigenvalue weighted by Crippen LogP contribution is 2.27. The maximum absolute atomic E-state index is 12.0. The predicted octanol–water partition coefficient (Wildman–Crippen LogP) is 5.31. The van der Waals surface area contributed by atoms with Crippen molar-refractivity contribution in [2.45, 2.75) is 46.8 Å². The number of ether oxygens (including phenoxy) is 1. The fourth-order valence-corrected chi connectivity index (χ4v) is 3.85. The molecule has 14 heteroatoms. The SMILES string of the molecule is CC.CC(OS(C)(=O)=O)c1cccc(OC(F)(F)F)c1.Cc1ccc(COS(C)(=O)=O)cc1-n1cccn1. The zero-order chi connectivity index (χ0) is 29.1. The molecule has 1 aromatic heterocycles.